The van der Waals surface area contributed by atoms with Crippen LogP contribution in [0.1, 0.15) is 19.4 Å². The lowest BCUT2D eigenvalue weighted by Gasteiger charge is -2.26. The SMILES string of the molecule is CC(C)N(CCO)Cc1cc(Cl)ccc1OC(F)F. The number of hydrogen-bond donors (Lipinski definition) is 1. The van der Waals surface area contributed by atoms with Gasteiger partial charge in [-0.1, -0.05) is 11.6 Å². The summed E-state index contributed by atoms with van der Waals surface area (Å²) < 4.78 is 29.2. The van der Waals surface area contributed by atoms with Gasteiger partial charge in [0, 0.05) is 29.7 Å². The molecule has 1 rings (SSSR count). The molecule has 0 aliphatic carbocycles. The largest absolute Gasteiger partial charge is 0.434 e. The third-order valence-electron chi connectivity index (χ3n) is 2.73. The first kappa shape index (κ1) is 16.1. The highest BCUT2D eigenvalue weighted by atomic mass is 35.5. The number of hydrogen-bond acceptors (Lipinski definition) is 3. The van der Waals surface area contributed by atoms with Crippen LogP contribution in [-0.2, 0) is 6.54 Å². The van der Waals surface area contributed by atoms with Gasteiger partial charge in [0.15, 0.2) is 0 Å². The van der Waals surface area contributed by atoms with Crippen molar-refractivity contribution in [2.45, 2.75) is 33.0 Å². The van der Waals surface area contributed by atoms with Crippen LogP contribution in [0.5, 0.6) is 5.75 Å². The summed E-state index contributed by atoms with van der Waals surface area (Å²) in [6, 6.07) is 4.72. The molecule has 6 heteroatoms. The summed E-state index contributed by atoms with van der Waals surface area (Å²) in [6.07, 6.45) is 0. The summed E-state index contributed by atoms with van der Waals surface area (Å²) in [5.41, 5.74) is 0.579. The van der Waals surface area contributed by atoms with E-state index in [0.717, 1.165) is 0 Å². The maximum absolute atomic E-state index is 12.3. The molecule has 108 valence electrons. The van der Waals surface area contributed by atoms with Gasteiger partial charge < -0.3 is 9.84 Å². The average Bonchev–Trinajstić information content (AvgIpc) is 2.31. The van der Waals surface area contributed by atoms with Crippen molar-refractivity contribution < 1.29 is 18.6 Å². The highest BCUT2D eigenvalue weighted by molar-refractivity contribution is 6.30. The molecule has 1 N–H and O–H groups in total. The van der Waals surface area contributed by atoms with E-state index in [-0.39, 0.29) is 18.4 Å². The second-order valence-electron chi connectivity index (χ2n) is 4.42. The number of rotatable bonds is 7. The van der Waals surface area contributed by atoms with Crippen LogP contribution in [0.25, 0.3) is 0 Å². The van der Waals surface area contributed by atoms with Gasteiger partial charge in [0.1, 0.15) is 5.75 Å². The van der Waals surface area contributed by atoms with Crippen LogP contribution in [0.4, 0.5) is 8.78 Å². The molecular formula is C13H18ClF2NO2. The van der Waals surface area contributed by atoms with E-state index in [4.69, 9.17) is 16.7 Å². The number of aliphatic hydroxyl groups is 1. The van der Waals surface area contributed by atoms with Gasteiger partial charge in [-0.05, 0) is 32.0 Å². The van der Waals surface area contributed by atoms with Gasteiger partial charge in [0.25, 0.3) is 0 Å². The molecule has 0 bridgehead atoms. The minimum atomic E-state index is -2.87. The first-order chi connectivity index (χ1) is 8.93. The molecule has 0 heterocycles. The summed E-state index contributed by atoms with van der Waals surface area (Å²) in [5.74, 6) is 0.114. The molecule has 0 saturated heterocycles. The zero-order valence-electron chi connectivity index (χ0n) is 10.9. The van der Waals surface area contributed by atoms with Gasteiger partial charge in [-0.3, -0.25) is 4.90 Å². The van der Waals surface area contributed by atoms with Gasteiger partial charge in [0.05, 0.1) is 6.61 Å². The standard InChI is InChI=1S/C13H18ClF2NO2/c1-9(2)17(5-6-18)8-10-7-11(14)3-4-12(10)19-13(15)16/h3-4,7,9,13,18H,5-6,8H2,1-2H3. The van der Waals surface area contributed by atoms with E-state index in [2.05, 4.69) is 4.74 Å². The lowest BCUT2D eigenvalue weighted by atomic mass is 10.1. The minimum absolute atomic E-state index is 0.00375. The van der Waals surface area contributed by atoms with Crippen molar-refractivity contribution in [1.82, 2.24) is 4.90 Å². The van der Waals surface area contributed by atoms with Crippen molar-refractivity contribution in [2.75, 3.05) is 13.2 Å². The van der Waals surface area contributed by atoms with Crippen molar-refractivity contribution >= 4 is 11.6 Å². The molecule has 0 aliphatic rings. The molecular weight excluding hydrogens is 276 g/mol. The summed E-state index contributed by atoms with van der Waals surface area (Å²) in [4.78, 5) is 1.95. The molecule has 0 amide bonds. The van der Waals surface area contributed by atoms with Crippen LogP contribution in [-0.4, -0.2) is 35.8 Å². The van der Waals surface area contributed by atoms with Crippen molar-refractivity contribution in [3.05, 3.63) is 28.8 Å². The molecule has 0 atom stereocenters. The molecule has 0 saturated carbocycles. The smallest absolute Gasteiger partial charge is 0.387 e. The van der Waals surface area contributed by atoms with Crippen molar-refractivity contribution in [3.63, 3.8) is 0 Å². The van der Waals surface area contributed by atoms with Crippen LogP contribution in [0, 0.1) is 0 Å². The quantitative estimate of drug-likeness (QED) is 0.838. The van der Waals surface area contributed by atoms with Crippen molar-refractivity contribution in [1.29, 1.82) is 0 Å². The Morgan fingerprint density at radius 2 is 2.05 bits per heavy atom. The third-order valence-corrected chi connectivity index (χ3v) is 2.96. The van der Waals surface area contributed by atoms with E-state index in [1.807, 2.05) is 18.7 Å². The summed E-state index contributed by atoms with van der Waals surface area (Å²) in [6.45, 7) is 1.91. The maximum Gasteiger partial charge on any atom is 0.387 e. The third kappa shape index (κ3) is 5.30. The Bertz CT molecular complexity index is 402. The fourth-order valence-electron chi connectivity index (χ4n) is 1.75. The maximum atomic E-state index is 12.3. The average molecular weight is 294 g/mol. The molecule has 0 aromatic heterocycles. The Morgan fingerprint density at radius 1 is 1.37 bits per heavy atom. The van der Waals surface area contributed by atoms with E-state index in [0.29, 0.717) is 23.7 Å². The molecule has 1 aromatic carbocycles. The number of nitrogens with zero attached hydrogens (tertiary/aromatic N) is 1. The van der Waals surface area contributed by atoms with Crippen LogP contribution in [0.15, 0.2) is 18.2 Å². The lowest BCUT2D eigenvalue weighted by molar-refractivity contribution is -0.0508. The Kier molecular flexibility index (Phi) is 6.48. The molecule has 0 spiro atoms. The second kappa shape index (κ2) is 7.62. The van der Waals surface area contributed by atoms with Gasteiger partial charge in [-0.25, -0.2) is 0 Å². The number of halogens is 3. The molecule has 0 radical (unpaired) electrons. The van der Waals surface area contributed by atoms with Crippen molar-refractivity contribution in [2.24, 2.45) is 0 Å². The van der Waals surface area contributed by atoms with Crippen molar-refractivity contribution in [3.8, 4) is 5.75 Å². The summed E-state index contributed by atoms with van der Waals surface area (Å²) in [5, 5.41) is 9.48. The van der Waals surface area contributed by atoms with E-state index < -0.39 is 6.61 Å². The Labute approximate surface area is 116 Å². The molecule has 0 fully saturated rings. The van der Waals surface area contributed by atoms with E-state index in [1.54, 1.807) is 6.07 Å². The van der Waals surface area contributed by atoms with E-state index >= 15 is 0 Å². The van der Waals surface area contributed by atoms with Gasteiger partial charge in [0.2, 0.25) is 0 Å². The topological polar surface area (TPSA) is 32.7 Å². The molecule has 0 aliphatic heterocycles. The molecule has 3 nitrogen and oxygen atoms in total. The Morgan fingerprint density at radius 3 is 2.58 bits per heavy atom. The number of aliphatic hydroxyl groups excluding tert-OH is 1. The molecule has 0 unspecified atom stereocenters. The zero-order valence-corrected chi connectivity index (χ0v) is 11.7. The second-order valence-corrected chi connectivity index (χ2v) is 4.85. The summed E-state index contributed by atoms with van der Waals surface area (Å²) in [7, 11) is 0. The van der Waals surface area contributed by atoms with Gasteiger partial charge >= 0.3 is 6.61 Å². The number of ether oxygens (including phenoxy) is 1. The first-order valence-electron chi connectivity index (χ1n) is 6.02. The van der Waals surface area contributed by atoms with Crippen LogP contribution < -0.4 is 4.74 Å². The zero-order chi connectivity index (χ0) is 14.4. The van der Waals surface area contributed by atoms with E-state index in [9.17, 15) is 8.78 Å². The monoisotopic (exact) mass is 293 g/mol. The lowest BCUT2D eigenvalue weighted by Crippen LogP contribution is -2.33. The first-order valence-corrected chi connectivity index (χ1v) is 6.40. The van der Waals surface area contributed by atoms with E-state index in [1.165, 1.54) is 12.1 Å². The summed E-state index contributed by atoms with van der Waals surface area (Å²) >= 11 is 5.88. The highest BCUT2D eigenvalue weighted by Gasteiger charge is 2.15. The van der Waals surface area contributed by atoms with Gasteiger partial charge in [-0.15, -0.1) is 0 Å². The Hall–Kier alpha value is -0.910. The predicted molar refractivity (Wildman–Crippen MR) is 70.7 cm³/mol. The fraction of sp³-hybridized carbons (Fsp3) is 0.538. The van der Waals surface area contributed by atoms with Crippen LogP contribution in [0.2, 0.25) is 5.02 Å². The molecule has 1 aromatic rings. The normalized spacial score (nSPS) is 11.6. The Balaban J connectivity index is 2.92. The van der Waals surface area contributed by atoms with Crippen LogP contribution in [0.3, 0.4) is 0 Å². The minimum Gasteiger partial charge on any atom is -0.434 e. The fourth-order valence-corrected chi connectivity index (χ4v) is 1.94. The number of benzene rings is 1. The van der Waals surface area contributed by atoms with Crippen LogP contribution >= 0.6 is 11.6 Å². The number of alkyl halides is 2. The van der Waals surface area contributed by atoms with Gasteiger partial charge in [-0.2, -0.15) is 8.78 Å². The highest BCUT2D eigenvalue weighted by Crippen LogP contribution is 2.26. The molecule has 19 heavy (non-hydrogen) atoms. The predicted octanol–water partition coefficient (Wildman–Crippen LogP) is 3.14.